The Morgan fingerprint density at radius 1 is 0.949 bits per heavy atom. The summed E-state index contributed by atoms with van der Waals surface area (Å²) in [6.45, 7) is -0.277. The number of rotatable bonds is 5. The van der Waals surface area contributed by atoms with Gasteiger partial charge in [-0.3, -0.25) is 24.1 Å². The number of fused-ring (bicyclic) bond motifs is 2. The number of amides is 2. The van der Waals surface area contributed by atoms with Crippen molar-refractivity contribution in [2.75, 3.05) is 16.8 Å². The fourth-order valence-electron chi connectivity index (χ4n) is 4.46. The normalized spacial score (nSPS) is 14.1. The van der Waals surface area contributed by atoms with Gasteiger partial charge in [0.1, 0.15) is 16.8 Å². The van der Waals surface area contributed by atoms with Crippen LogP contribution in [-0.4, -0.2) is 33.0 Å². The van der Waals surface area contributed by atoms with Crippen LogP contribution in [0.4, 0.5) is 11.4 Å². The molecular formula is C28H18ClN5O4S. The van der Waals surface area contributed by atoms with Crippen molar-refractivity contribution < 1.29 is 9.59 Å². The molecule has 11 heteroatoms. The van der Waals surface area contributed by atoms with E-state index < -0.39 is 22.9 Å². The van der Waals surface area contributed by atoms with E-state index in [-0.39, 0.29) is 33.7 Å². The maximum absolute atomic E-state index is 13.7. The lowest BCUT2D eigenvalue weighted by Crippen LogP contribution is -2.37. The maximum Gasteiger partial charge on any atom is 0.296 e. The summed E-state index contributed by atoms with van der Waals surface area (Å²) >= 11 is 6.92. The van der Waals surface area contributed by atoms with E-state index in [0.717, 1.165) is 21.4 Å². The number of anilines is 2. The van der Waals surface area contributed by atoms with Crippen molar-refractivity contribution in [2.24, 2.45) is 0 Å². The van der Waals surface area contributed by atoms with Crippen molar-refractivity contribution in [3.63, 3.8) is 0 Å². The Hall–Kier alpha value is -4.67. The Labute approximate surface area is 229 Å². The second-order valence-electron chi connectivity index (χ2n) is 8.80. The number of thiazole rings is 1. The van der Waals surface area contributed by atoms with Crippen LogP contribution in [0.5, 0.6) is 0 Å². The number of aromatic nitrogens is 3. The predicted molar refractivity (Wildman–Crippen MR) is 149 cm³/mol. The molecule has 0 aliphatic carbocycles. The minimum atomic E-state index is -0.555. The zero-order chi connectivity index (χ0) is 27.1. The molecule has 0 bridgehead atoms. The third kappa shape index (κ3) is 4.60. The van der Waals surface area contributed by atoms with Crippen LogP contribution < -0.4 is 25.9 Å². The highest BCUT2D eigenvalue weighted by Gasteiger charge is 2.35. The van der Waals surface area contributed by atoms with Gasteiger partial charge in [0.15, 0.2) is 0 Å². The fourth-order valence-corrected chi connectivity index (χ4v) is 5.64. The number of para-hydroxylation sites is 1. The summed E-state index contributed by atoms with van der Waals surface area (Å²) in [5.41, 5.74) is 1.53. The van der Waals surface area contributed by atoms with Crippen LogP contribution in [0.25, 0.3) is 10.5 Å². The number of hydrogen-bond donors (Lipinski definition) is 1. The first-order chi connectivity index (χ1) is 18.9. The van der Waals surface area contributed by atoms with Crippen LogP contribution >= 0.6 is 22.9 Å². The highest BCUT2D eigenvalue weighted by atomic mass is 35.5. The number of benzene rings is 3. The molecule has 2 amide bonds. The summed E-state index contributed by atoms with van der Waals surface area (Å²) in [6.07, 6.45) is 0.216. The monoisotopic (exact) mass is 555 g/mol. The average Bonchev–Trinajstić information content (AvgIpc) is 3.37. The first-order valence-electron chi connectivity index (χ1n) is 11.9. The summed E-state index contributed by atoms with van der Waals surface area (Å²) in [7, 11) is 0. The molecule has 1 aliphatic rings. The second-order valence-corrected chi connectivity index (χ2v) is 10.2. The Balaban J connectivity index is 1.41. The predicted octanol–water partition coefficient (Wildman–Crippen LogP) is 2.66. The Bertz CT molecular complexity index is 1950. The summed E-state index contributed by atoms with van der Waals surface area (Å²) in [5.74, 6) is -0.937. The van der Waals surface area contributed by atoms with E-state index in [2.05, 4.69) is 15.4 Å². The van der Waals surface area contributed by atoms with E-state index in [0.29, 0.717) is 22.0 Å². The third-order valence-corrected chi connectivity index (χ3v) is 7.47. The lowest BCUT2D eigenvalue weighted by molar-refractivity contribution is -0.118. The lowest BCUT2D eigenvalue weighted by Gasteiger charge is -2.16. The van der Waals surface area contributed by atoms with E-state index in [9.17, 15) is 19.2 Å². The molecule has 2 aromatic heterocycles. The van der Waals surface area contributed by atoms with Crippen molar-refractivity contribution in [1.82, 2.24) is 14.6 Å². The van der Waals surface area contributed by atoms with Gasteiger partial charge in [-0.1, -0.05) is 77.5 Å². The van der Waals surface area contributed by atoms with E-state index in [1.54, 1.807) is 48.5 Å². The zero-order valence-electron chi connectivity index (χ0n) is 20.1. The van der Waals surface area contributed by atoms with Crippen LogP contribution in [0, 0.1) is 0 Å². The number of nitrogens with one attached hydrogen (secondary N) is 1. The molecule has 39 heavy (non-hydrogen) atoms. The van der Waals surface area contributed by atoms with Crippen LogP contribution in [0.2, 0.25) is 5.02 Å². The lowest BCUT2D eigenvalue weighted by atomic mass is 10.1. The molecule has 0 unspecified atom stereocenters. The highest BCUT2D eigenvalue weighted by molar-refractivity contribution is 7.15. The number of carbonyl (C=O) groups is 2. The van der Waals surface area contributed by atoms with Crippen molar-refractivity contribution in [1.29, 1.82) is 0 Å². The molecule has 0 saturated carbocycles. The molecule has 5 aromatic rings. The number of carbonyl (C=O) groups excluding carboxylic acids is 2. The Morgan fingerprint density at radius 3 is 2.51 bits per heavy atom. The molecule has 6 rings (SSSR count). The van der Waals surface area contributed by atoms with Gasteiger partial charge in [0.2, 0.25) is 10.9 Å². The van der Waals surface area contributed by atoms with Gasteiger partial charge in [0, 0.05) is 22.7 Å². The largest absolute Gasteiger partial charge is 0.324 e. The third-order valence-electron chi connectivity index (χ3n) is 6.20. The van der Waals surface area contributed by atoms with Gasteiger partial charge in [-0.2, -0.15) is 14.6 Å². The molecule has 1 N–H and O–H groups in total. The molecule has 0 fully saturated rings. The first kappa shape index (κ1) is 24.7. The molecule has 1 aliphatic heterocycles. The molecule has 3 heterocycles. The maximum atomic E-state index is 13.7. The fraction of sp³-hybridized carbons (Fsp3) is 0.0714. The van der Waals surface area contributed by atoms with Crippen LogP contribution in [0.3, 0.4) is 0 Å². The Kier molecular flexibility index (Phi) is 6.26. The summed E-state index contributed by atoms with van der Waals surface area (Å²) in [4.78, 5) is 58.1. The second kappa shape index (κ2) is 9.90. The van der Waals surface area contributed by atoms with E-state index in [1.165, 1.54) is 4.90 Å². The van der Waals surface area contributed by atoms with E-state index in [1.807, 2.05) is 30.3 Å². The van der Waals surface area contributed by atoms with Crippen molar-refractivity contribution >= 4 is 56.7 Å². The average molecular weight is 556 g/mol. The van der Waals surface area contributed by atoms with Crippen LogP contribution in [0.1, 0.15) is 16.8 Å². The standard InChI is InChI=1S/C28H18ClN5O4S/c29-17-9-6-10-18(14-17)30-22(35)15-33-21-12-5-4-11-19(21)23(26(33)37)24-27(38)34-28(39-24)31-25(36)20(32-34)13-16-7-2-1-3-8-16/h1-12,14H,13,15H2,(H,30,35). The van der Waals surface area contributed by atoms with Gasteiger partial charge >= 0.3 is 0 Å². The SMILES string of the molecule is O=C(CN1C(=O)C(=c2sc3nc(=O)c(Cc4ccccc4)nn3c2=O)c2ccccc21)Nc1cccc(Cl)c1. The van der Waals surface area contributed by atoms with Crippen LogP contribution in [-0.2, 0) is 16.0 Å². The van der Waals surface area contributed by atoms with Gasteiger partial charge in [-0.15, -0.1) is 0 Å². The molecular weight excluding hydrogens is 538 g/mol. The highest BCUT2D eigenvalue weighted by Crippen LogP contribution is 2.35. The van der Waals surface area contributed by atoms with Gasteiger partial charge in [0.25, 0.3) is 17.0 Å². The molecule has 3 aromatic carbocycles. The van der Waals surface area contributed by atoms with E-state index in [4.69, 9.17) is 11.6 Å². The van der Waals surface area contributed by atoms with Gasteiger partial charge < -0.3 is 5.32 Å². The van der Waals surface area contributed by atoms with Crippen molar-refractivity contribution in [2.45, 2.75) is 6.42 Å². The topological polar surface area (TPSA) is 114 Å². The molecule has 0 atom stereocenters. The summed E-state index contributed by atoms with van der Waals surface area (Å²) < 4.78 is 1.17. The molecule has 192 valence electrons. The Morgan fingerprint density at radius 2 is 1.72 bits per heavy atom. The molecule has 9 nitrogen and oxygen atoms in total. The molecule has 0 spiro atoms. The molecule has 0 saturated heterocycles. The number of halogens is 1. The smallest absolute Gasteiger partial charge is 0.296 e. The summed E-state index contributed by atoms with van der Waals surface area (Å²) in [6, 6.07) is 22.9. The minimum Gasteiger partial charge on any atom is -0.324 e. The zero-order valence-corrected chi connectivity index (χ0v) is 21.7. The van der Waals surface area contributed by atoms with Crippen molar-refractivity contribution in [3.05, 3.63) is 126 Å². The number of nitrogens with zero attached hydrogens (tertiary/aromatic N) is 4. The summed E-state index contributed by atoms with van der Waals surface area (Å²) in [5, 5.41) is 7.49. The van der Waals surface area contributed by atoms with Gasteiger partial charge in [-0.05, 0) is 29.8 Å². The van der Waals surface area contributed by atoms with Crippen molar-refractivity contribution in [3.8, 4) is 0 Å². The quantitative estimate of drug-likeness (QED) is 0.357. The van der Waals surface area contributed by atoms with E-state index >= 15 is 0 Å². The van der Waals surface area contributed by atoms with Gasteiger partial charge in [0.05, 0.1) is 11.3 Å². The number of hydrogen-bond acceptors (Lipinski definition) is 7. The molecule has 0 radical (unpaired) electrons. The van der Waals surface area contributed by atoms with Gasteiger partial charge in [-0.25, -0.2) is 0 Å². The first-order valence-corrected chi connectivity index (χ1v) is 13.1. The van der Waals surface area contributed by atoms with Crippen LogP contribution in [0.15, 0.2) is 88.5 Å². The minimum absolute atomic E-state index is 0.0896.